The van der Waals surface area contributed by atoms with Gasteiger partial charge in [-0.3, -0.25) is 4.79 Å². The van der Waals surface area contributed by atoms with Gasteiger partial charge in [0.25, 0.3) is 0 Å². The number of carbonyl (C=O) groups excluding carboxylic acids is 1. The van der Waals surface area contributed by atoms with Crippen molar-refractivity contribution in [3.63, 3.8) is 0 Å². The Morgan fingerprint density at radius 3 is 2.39 bits per heavy atom. The SMILES string of the molecule is CN(CCCOc1ccc(F)cc1)C(=O)C1CCN(S(=O)(=O)c2ccccc2F)CC1. The molecule has 0 saturated carbocycles. The van der Waals surface area contributed by atoms with Gasteiger partial charge in [0, 0.05) is 32.6 Å². The summed E-state index contributed by atoms with van der Waals surface area (Å²) in [5, 5.41) is 0. The highest BCUT2D eigenvalue weighted by molar-refractivity contribution is 7.89. The minimum atomic E-state index is -3.92. The van der Waals surface area contributed by atoms with Crippen LogP contribution in [-0.4, -0.2) is 56.8 Å². The summed E-state index contributed by atoms with van der Waals surface area (Å²) in [5.41, 5.74) is 0. The van der Waals surface area contributed by atoms with Crippen molar-refractivity contribution in [2.24, 2.45) is 5.92 Å². The predicted molar refractivity (Wildman–Crippen MR) is 112 cm³/mol. The molecule has 31 heavy (non-hydrogen) atoms. The Bertz CT molecular complexity index is 991. The summed E-state index contributed by atoms with van der Waals surface area (Å²) in [6.07, 6.45) is 1.39. The maximum atomic E-state index is 13.9. The van der Waals surface area contributed by atoms with Crippen molar-refractivity contribution in [2.75, 3.05) is 33.3 Å². The first kappa shape index (κ1) is 23.1. The van der Waals surface area contributed by atoms with Gasteiger partial charge >= 0.3 is 0 Å². The summed E-state index contributed by atoms with van der Waals surface area (Å²) in [4.78, 5) is 14.0. The largest absolute Gasteiger partial charge is 0.494 e. The van der Waals surface area contributed by atoms with E-state index in [0.29, 0.717) is 38.2 Å². The molecule has 0 radical (unpaired) electrons. The maximum Gasteiger partial charge on any atom is 0.245 e. The van der Waals surface area contributed by atoms with E-state index in [4.69, 9.17) is 4.74 Å². The number of benzene rings is 2. The Kier molecular flexibility index (Phi) is 7.61. The number of piperidine rings is 1. The number of ether oxygens (including phenoxy) is 1. The summed E-state index contributed by atoms with van der Waals surface area (Å²) < 4.78 is 59.0. The zero-order valence-electron chi connectivity index (χ0n) is 17.3. The van der Waals surface area contributed by atoms with Crippen LogP contribution in [-0.2, 0) is 14.8 Å². The second-order valence-electron chi connectivity index (χ2n) is 7.52. The number of amides is 1. The van der Waals surface area contributed by atoms with Gasteiger partial charge in [0.1, 0.15) is 22.3 Å². The maximum absolute atomic E-state index is 13.9. The van der Waals surface area contributed by atoms with Crippen LogP contribution in [0.5, 0.6) is 5.75 Å². The number of nitrogens with zero attached hydrogens (tertiary/aromatic N) is 2. The topological polar surface area (TPSA) is 66.9 Å². The molecule has 1 fully saturated rings. The van der Waals surface area contributed by atoms with Gasteiger partial charge in [0.05, 0.1) is 6.61 Å². The van der Waals surface area contributed by atoms with Gasteiger partial charge in [-0.1, -0.05) is 12.1 Å². The molecule has 0 N–H and O–H groups in total. The van der Waals surface area contributed by atoms with E-state index >= 15 is 0 Å². The molecule has 0 unspecified atom stereocenters. The van der Waals surface area contributed by atoms with E-state index in [1.165, 1.54) is 34.6 Å². The molecule has 0 aromatic heterocycles. The normalized spacial score (nSPS) is 15.6. The molecule has 0 bridgehead atoms. The molecular weight excluding hydrogens is 426 g/mol. The molecule has 1 amide bonds. The van der Waals surface area contributed by atoms with Crippen molar-refractivity contribution >= 4 is 15.9 Å². The standard InChI is InChI=1S/C22H26F2N2O4S/c1-25(13-4-16-30-19-9-7-18(23)8-10-19)22(27)17-11-14-26(15-12-17)31(28,29)21-6-3-2-5-20(21)24/h2-3,5-10,17H,4,11-16H2,1H3. The fourth-order valence-corrected chi connectivity index (χ4v) is 5.12. The lowest BCUT2D eigenvalue weighted by molar-refractivity contribution is -0.135. The van der Waals surface area contributed by atoms with Crippen LogP contribution in [0.15, 0.2) is 53.4 Å². The highest BCUT2D eigenvalue weighted by atomic mass is 32.2. The van der Waals surface area contributed by atoms with Gasteiger partial charge in [0.2, 0.25) is 15.9 Å². The highest BCUT2D eigenvalue weighted by Crippen LogP contribution is 2.26. The first-order valence-electron chi connectivity index (χ1n) is 10.2. The third-order valence-corrected chi connectivity index (χ3v) is 7.29. The number of rotatable bonds is 8. The monoisotopic (exact) mass is 452 g/mol. The van der Waals surface area contributed by atoms with Crippen LogP contribution in [0.2, 0.25) is 0 Å². The fourth-order valence-electron chi connectivity index (χ4n) is 3.58. The molecule has 0 spiro atoms. The van der Waals surface area contributed by atoms with Crippen molar-refractivity contribution in [3.05, 3.63) is 60.2 Å². The first-order valence-corrected chi connectivity index (χ1v) is 11.6. The average Bonchev–Trinajstić information content (AvgIpc) is 2.77. The van der Waals surface area contributed by atoms with Crippen LogP contribution < -0.4 is 4.74 Å². The number of sulfonamides is 1. The zero-order chi connectivity index (χ0) is 22.4. The average molecular weight is 453 g/mol. The third kappa shape index (κ3) is 5.80. The lowest BCUT2D eigenvalue weighted by Gasteiger charge is -2.32. The minimum absolute atomic E-state index is 0.0373. The molecule has 2 aromatic rings. The second-order valence-corrected chi connectivity index (χ2v) is 9.43. The van der Waals surface area contributed by atoms with Crippen molar-refractivity contribution < 1.29 is 26.7 Å². The lowest BCUT2D eigenvalue weighted by atomic mass is 9.96. The highest BCUT2D eigenvalue weighted by Gasteiger charge is 2.34. The van der Waals surface area contributed by atoms with E-state index in [-0.39, 0.29) is 35.6 Å². The molecule has 168 valence electrons. The molecule has 0 atom stereocenters. The third-order valence-electron chi connectivity index (χ3n) is 5.35. The van der Waals surface area contributed by atoms with Crippen molar-refractivity contribution in [1.82, 2.24) is 9.21 Å². The zero-order valence-corrected chi connectivity index (χ0v) is 18.2. The van der Waals surface area contributed by atoms with Gasteiger partial charge in [-0.2, -0.15) is 4.31 Å². The van der Waals surface area contributed by atoms with Crippen LogP contribution in [0, 0.1) is 17.6 Å². The first-order chi connectivity index (χ1) is 14.8. The smallest absolute Gasteiger partial charge is 0.245 e. The van der Waals surface area contributed by atoms with E-state index < -0.39 is 15.8 Å². The van der Waals surface area contributed by atoms with Gasteiger partial charge in [0.15, 0.2) is 0 Å². The van der Waals surface area contributed by atoms with E-state index in [2.05, 4.69) is 0 Å². The Hall–Kier alpha value is -2.52. The van der Waals surface area contributed by atoms with Crippen molar-refractivity contribution in [2.45, 2.75) is 24.2 Å². The van der Waals surface area contributed by atoms with Crippen LogP contribution >= 0.6 is 0 Å². The quantitative estimate of drug-likeness (QED) is 0.577. The molecule has 9 heteroatoms. The van der Waals surface area contributed by atoms with Crippen LogP contribution in [0.4, 0.5) is 8.78 Å². The summed E-state index contributed by atoms with van der Waals surface area (Å²) in [7, 11) is -2.20. The number of halogens is 2. The second kappa shape index (κ2) is 10.2. The van der Waals surface area contributed by atoms with Crippen LogP contribution in [0.1, 0.15) is 19.3 Å². The van der Waals surface area contributed by atoms with Crippen molar-refractivity contribution in [1.29, 1.82) is 0 Å². The lowest BCUT2D eigenvalue weighted by Crippen LogP contribution is -2.43. The number of carbonyl (C=O) groups is 1. The molecular formula is C22H26F2N2O4S. The molecule has 1 aliphatic rings. The van der Waals surface area contributed by atoms with E-state index in [9.17, 15) is 22.0 Å². The van der Waals surface area contributed by atoms with E-state index in [1.807, 2.05) is 0 Å². The van der Waals surface area contributed by atoms with Crippen molar-refractivity contribution in [3.8, 4) is 5.75 Å². The Morgan fingerprint density at radius 2 is 1.74 bits per heavy atom. The van der Waals surface area contributed by atoms with Gasteiger partial charge in [-0.15, -0.1) is 0 Å². The van der Waals surface area contributed by atoms with Crippen LogP contribution in [0.25, 0.3) is 0 Å². The summed E-state index contributed by atoms with van der Waals surface area (Å²) in [6, 6.07) is 11.1. The van der Waals surface area contributed by atoms with Gasteiger partial charge in [-0.25, -0.2) is 17.2 Å². The molecule has 1 aliphatic heterocycles. The molecule has 2 aromatic carbocycles. The fraction of sp³-hybridized carbons (Fsp3) is 0.409. The summed E-state index contributed by atoms with van der Waals surface area (Å²) in [6.45, 7) is 1.24. The van der Waals surface area contributed by atoms with Gasteiger partial charge in [-0.05, 0) is 55.7 Å². The predicted octanol–water partition coefficient (Wildman–Crippen LogP) is 3.29. The Labute approximate surface area is 181 Å². The van der Waals surface area contributed by atoms with E-state index in [1.54, 1.807) is 24.1 Å². The van der Waals surface area contributed by atoms with Gasteiger partial charge < -0.3 is 9.64 Å². The van der Waals surface area contributed by atoms with E-state index in [0.717, 1.165) is 6.07 Å². The Balaban J connectivity index is 1.45. The summed E-state index contributed by atoms with van der Waals surface area (Å²) >= 11 is 0. The molecule has 1 heterocycles. The molecule has 1 saturated heterocycles. The molecule has 0 aliphatic carbocycles. The summed E-state index contributed by atoms with van der Waals surface area (Å²) in [5.74, 6) is -0.840. The van der Waals surface area contributed by atoms with Crippen LogP contribution in [0.3, 0.4) is 0 Å². The number of hydrogen-bond acceptors (Lipinski definition) is 4. The minimum Gasteiger partial charge on any atom is -0.494 e. The number of hydrogen-bond donors (Lipinski definition) is 0. The Morgan fingerprint density at radius 1 is 1.10 bits per heavy atom. The molecule has 3 rings (SSSR count). The molecule has 6 nitrogen and oxygen atoms in total.